The molecule has 0 aromatic heterocycles. The van der Waals surface area contributed by atoms with Crippen molar-refractivity contribution in [3.05, 3.63) is 0 Å². The van der Waals surface area contributed by atoms with E-state index in [0.29, 0.717) is 25.7 Å². The zero-order valence-corrected chi connectivity index (χ0v) is 9.82. The van der Waals surface area contributed by atoms with Crippen LogP contribution in [0, 0.1) is 5.41 Å². The van der Waals surface area contributed by atoms with Gasteiger partial charge < -0.3 is 15.5 Å². The van der Waals surface area contributed by atoms with Gasteiger partial charge in [-0.1, -0.05) is 6.42 Å². The first kappa shape index (κ1) is 12.4. The lowest BCUT2D eigenvalue weighted by atomic mass is 9.68. The summed E-state index contributed by atoms with van der Waals surface area (Å²) in [5.41, 5.74) is -1.17. The summed E-state index contributed by atoms with van der Waals surface area (Å²) in [6, 6.07) is 0.0303. The number of aliphatic carboxylic acids is 1. The van der Waals surface area contributed by atoms with E-state index in [0.717, 1.165) is 19.3 Å². The van der Waals surface area contributed by atoms with E-state index in [1.807, 2.05) is 0 Å². The first-order chi connectivity index (χ1) is 8.04. The van der Waals surface area contributed by atoms with E-state index in [1.54, 1.807) is 0 Å². The van der Waals surface area contributed by atoms with E-state index in [-0.39, 0.29) is 18.1 Å². The molecule has 0 aliphatic heterocycles. The Morgan fingerprint density at radius 2 is 1.71 bits per heavy atom. The molecule has 1 amide bonds. The predicted octanol–water partition coefficient (Wildman–Crippen LogP) is 0.661. The van der Waals surface area contributed by atoms with Crippen LogP contribution in [-0.2, 0) is 9.59 Å². The Hall–Kier alpha value is -1.10. The van der Waals surface area contributed by atoms with Gasteiger partial charge in [0.2, 0.25) is 5.91 Å². The third kappa shape index (κ3) is 2.29. The number of rotatable bonds is 3. The van der Waals surface area contributed by atoms with Gasteiger partial charge >= 0.3 is 5.97 Å². The molecule has 0 aromatic carbocycles. The normalized spacial score (nSPS) is 31.4. The van der Waals surface area contributed by atoms with E-state index in [1.165, 1.54) is 0 Å². The maximum atomic E-state index is 12.0. The van der Waals surface area contributed by atoms with Crippen molar-refractivity contribution in [2.24, 2.45) is 5.41 Å². The van der Waals surface area contributed by atoms with E-state index in [9.17, 15) is 14.7 Å². The Labute approximate surface area is 100 Å². The number of hydrogen-bond acceptors (Lipinski definition) is 3. The molecular weight excluding hydrogens is 222 g/mol. The third-order valence-electron chi connectivity index (χ3n) is 4.08. The molecule has 96 valence electrons. The second-order valence-electron chi connectivity index (χ2n) is 5.22. The highest BCUT2D eigenvalue weighted by Crippen LogP contribution is 2.41. The van der Waals surface area contributed by atoms with E-state index in [4.69, 9.17) is 5.11 Å². The third-order valence-corrected chi connectivity index (χ3v) is 4.08. The van der Waals surface area contributed by atoms with E-state index < -0.39 is 11.4 Å². The molecule has 5 nitrogen and oxygen atoms in total. The molecule has 2 saturated carbocycles. The van der Waals surface area contributed by atoms with Crippen molar-refractivity contribution in [1.29, 1.82) is 0 Å². The fraction of sp³-hybridized carbons (Fsp3) is 0.833. The summed E-state index contributed by atoms with van der Waals surface area (Å²) in [5.74, 6) is -1.34. The molecule has 0 heterocycles. The highest BCUT2D eigenvalue weighted by molar-refractivity contribution is 6.02. The lowest BCUT2D eigenvalue weighted by Gasteiger charge is -2.38. The predicted molar refractivity (Wildman–Crippen MR) is 60.3 cm³/mol. The lowest BCUT2D eigenvalue weighted by molar-refractivity contribution is -0.162. The molecular formula is C12H19NO4. The number of hydrogen-bond donors (Lipinski definition) is 3. The molecule has 2 aliphatic rings. The summed E-state index contributed by atoms with van der Waals surface area (Å²) in [7, 11) is 0. The van der Waals surface area contributed by atoms with Crippen molar-refractivity contribution in [2.75, 3.05) is 0 Å². The maximum absolute atomic E-state index is 12.0. The summed E-state index contributed by atoms with van der Waals surface area (Å²) in [4.78, 5) is 23.1. The number of carboxylic acids is 1. The van der Waals surface area contributed by atoms with Crippen LogP contribution in [-0.4, -0.2) is 34.2 Å². The molecule has 0 aromatic rings. The van der Waals surface area contributed by atoms with Gasteiger partial charge in [0.15, 0.2) is 0 Å². The molecule has 2 aliphatic carbocycles. The minimum atomic E-state index is -1.17. The van der Waals surface area contributed by atoms with Crippen molar-refractivity contribution in [3.8, 4) is 0 Å². The van der Waals surface area contributed by atoms with Crippen LogP contribution in [0.2, 0.25) is 0 Å². The minimum absolute atomic E-state index is 0.0303. The van der Waals surface area contributed by atoms with Crippen molar-refractivity contribution >= 4 is 11.9 Å². The average molecular weight is 241 g/mol. The maximum Gasteiger partial charge on any atom is 0.319 e. The molecule has 0 radical (unpaired) electrons. The number of carbonyl (C=O) groups excluding carboxylic acids is 1. The number of aliphatic hydroxyl groups excluding tert-OH is 1. The van der Waals surface area contributed by atoms with Crippen LogP contribution < -0.4 is 5.32 Å². The van der Waals surface area contributed by atoms with Crippen LogP contribution >= 0.6 is 0 Å². The molecule has 0 saturated heterocycles. The summed E-state index contributed by atoms with van der Waals surface area (Å²) < 4.78 is 0. The van der Waals surface area contributed by atoms with Gasteiger partial charge in [-0.3, -0.25) is 9.59 Å². The first-order valence-corrected chi connectivity index (χ1v) is 6.27. The van der Waals surface area contributed by atoms with Gasteiger partial charge in [0.25, 0.3) is 0 Å². The van der Waals surface area contributed by atoms with Crippen molar-refractivity contribution in [1.82, 2.24) is 5.32 Å². The number of amides is 1. The quantitative estimate of drug-likeness (QED) is 0.633. The Morgan fingerprint density at radius 1 is 1.12 bits per heavy atom. The van der Waals surface area contributed by atoms with Crippen LogP contribution in [0.1, 0.15) is 44.9 Å². The van der Waals surface area contributed by atoms with Crippen molar-refractivity contribution in [3.63, 3.8) is 0 Å². The summed E-state index contributed by atoms with van der Waals surface area (Å²) in [5, 5.41) is 21.3. The number of nitrogens with one attached hydrogen (secondary N) is 1. The van der Waals surface area contributed by atoms with E-state index >= 15 is 0 Å². The molecule has 5 heteroatoms. The second kappa shape index (κ2) is 4.64. The van der Waals surface area contributed by atoms with Gasteiger partial charge in [-0.05, 0) is 38.5 Å². The van der Waals surface area contributed by atoms with Crippen LogP contribution in [0.5, 0.6) is 0 Å². The summed E-state index contributed by atoms with van der Waals surface area (Å²) in [6.45, 7) is 0. The monoisotopic (exact) mass is 241 g/mol. The number of carbonyl (C=O) groups is 2. The molecule has 17 heavy (non-hydrogen) atoms. The Bertz CT molecular complexity index is 316. The highest BCUT2D eigenvalue weighted by atomic mass is 16.4. The molecule has 2 rings (SSSR count). The highest BCUT2D eigenvalue weighted by Gasteiger charge is 2.51. The van der Waals surface area contributed by atoms with Gasteiger partial charge in [-0.2, -0.15) is 0 Å². The fourth-order valence-electron chi connectivity index (χ4n) is 2.61. The van der Waals surface area contributed by atoms with Gasteiger partial charge in [0, 0.05) is 6.04 Å². The van der Waals surface area contributed by atoms with Gasteiger partial charge in [-0.15, -0.1) is 0 Å². The molecule has 0 atom stereocenters. The number of carboxylic acid groups (broad SMARTS) is 1. The fourth-order valence-corrected chi connectivity index (χ4v) is 2.61. The molecule has 0 spiro atoms. The van der Waals surface area contributed by atoms with Crippen LogP contribution in [0.25, 0.3) is 0 Å². The average Bonchev–Trinajstić information content (AvgIpc) is 2.19. The Kier molecular flexibility index (Phi) is 3.38. The smallest absolute Gasteiger partial charge is 0.319 e. The number of aliphatic hydroxyl groups is 1. The first-order valence-electron chi connectivity index (χ1n) is 6.27. The van der Waals surface area contributed by atoms with Crippen LogP contribution in [0.4, 0.5) is 0 Å². The van der Waals surface area contributed by atoms with Gasteiger partial charge in [-0.25, -0.2) is 0 Å². The lowest BCUT2D eigenvalue weighted by Crippen LogP contribution is -2.54. The van der Waals surface area contributed by atoms with Crippen LogP contribution in [0.15, 0.2) is 0 Å². The van der Waals surface area contributed by atoms with Crippen molar-refractivity contribution in [2.45, 2.75) is 57.1 Å². The van der Waals surface area contributed by atoms with Crippen molar-refractivity contribution < 1.29 is 19.8 Å². The minimum Gasteiger partial charge on any atom is -0.480 e. The topological polar surface area (TPSA) is 86.6 Å². The molecule has 0 unspecified atom stereocenters. The zero-order chi connectivity index (χ0) is 12.5. The zero-order valence-electron chi connectivity index (χ0n) is 9.82. The summed E-state index contributed by atoms with van der Waals surface area (Å²) in [6.07, 6.45) is 4.29. The largest absolute Gasteiger partial charge is 0.480 e. The van der Waals surface area contributed by atoms with Gasteiger partial charge in [0.1, 0.15) is 5.41 Å². The van der Waals surface area contributed by atoms with E-state index in [2.05, 4.69) is 5.32 Å². The molecule has 3 N–H and O–H groups in total. The summed E-state index contributed by atoms with van der Waals surface area (Å²) >= 11 is 0. The second-order valence-corrected chi connectivity index (χ2v) is 5.22. The SMILES string of the molecule is O=C(O)C1(C(=O)NC2CCC(O)CC2)CCC1. The van der Waals surface area contributed by atoms with Crippen LogP contribution in [0.3, 0.4) is 0 Å². The Balaban J connectivity index is 1.90. The van der Waals surface area contributed by atoms with Gasteiger partial charge in [0.05, 0.1) is 6.10 Å². The Morgan fingerprint density at radius 3 is 2.12 bits per heavy atom. The molecule has 0 bridgehead atoms. The molecule has 2 fully saturated rings. The standard InChI is InChI=1S/C12H19NO4/c14-9-4-2-8(3-5-9)13-10(15)12(11(16)17)6-1-7-12/h8-9,14H,1-7H2,(H,13,15)(H,16,17).